The number of hydrogen-bond donors (Lipinski definition) is 3. The molecule has 0 aromatic heterocycles. The molecule has 0 heterocycles. The lowest BCUT2D eigenvalue weighted by Gasteiger charge is -2.19. The molecular formula is C31H61NO3. The van der Waals surface area contributed by atoms with Crippen LogP contribution in [0.1, 0.15) is 162 Å². The SMILES string of the molecule is CCCC/C=C/C(O)C(CO)NC(=O)CCCCCCCCCCCCCCCCCCCCC. The summed E-state index contributed by atoms with van der Waals surface area (Å²) in [5.41, 5.74) is 0. The first-order valence-electron chi connectivity index (χ1n) is 15.4. The van der Waals surface area contributed by atoms with Crippen molar-refractivity contribution in [2.75, 3.05) is 6.61 Å². The molecule has 4 heteroatoms. The highest BCUT2D eigenvalue weighted by Crippen LogP contribution is 2.15. The van der Waals surface area contributed by atoms with Crippen LogP contribution in [0.2, 0.25) is 0 Å². The number of nitrogens with one attached hydrogen (secondary N) is 1. The molecule has 3 N–H and O–H groups in total. The quantitative estimate of drug-likeness (QED) is 0.0791. The van der Waals surface area contributed by atoms with Gasteiger partial charge in [0.15, 0.2) is 0 Å². The fourth-order valence-electron chi connectivity index (χ4n) is 4.57. The predicted octanol–water partition coefficient (Wildman–Crippen LogP) is 8.39. The van der Waals surface area contributed by atoms with Crippen LogP contribution in [-0.4, -0.2) is 34.9 Å². The van der Waals surface area contributed by atoms with Crippen molar-refractivity contribution in [3.05, 3.63) is 12.2 Å². The Hall–Kier alpha value is -0.870. The highest BCUT2D eigenvalue weighted by molar-refractivity contribution is 5.76. The van der Waals surface area contributed by atoms with Crippen LogP contribution in [0.15, 0.2) is 12.2 Å². The van der Waals surface area contributed by atoms with Crippen molar-refractivity contribution >= 4 is 5.91 Å². The summed E-state index contributed by atoms with van der Waals surface area (Å²) in [6, 6.07) is -0.610. The van der Waals surface area contributed by atoms with E-state index in [9.17, 15) is 15.0 Å². The topological polar surface area (TPSA) is 69.6 Å². The Morgan fingerprint density at radius 1 is 0.657 bits per heavy atom. The normalized spacial score (nSPS) is 13.4. The molecule has 0 aliphatic heterocycles. The lowest BCUT2D eigenvalue weighted by molar-refractivity contribution is -0.123. The van der Waals surface area contributed by atoms with Gasteiger partial charge in [0.25, 0.3) is 0 Å². The second-order valence-corrected chi connectivity index (χ2v) is 10.5. The fraction of sp³-hybridized carbons (Fsp3) is 0.903. The monoisotopic (exact) mass is 495 g/mol. The van der Waals surface area contributed by atoms with E-state index >= 15 is 0 Å². The molecule has 0 rings (SSSR count). The molecule has 0 radical (unpaired) electrons. The van der Waals surface area contributed by atoms with Gasteiger partial charge in [-0.1, -0.05) is 154 Å². The van der Waals surface area contributed by atoms with Gasteiger partial charge in [0.05, 0.1) is 18.8 Å². The van der Waals surface area contributed by atoms with E-state index in [0.717, 1.165) is 32.1 Å². The maximum atomic E-state index is 12.1. The predicted molar refractivity (Wildman–Crippen MR) is 152 cm³/mol. The average Bonchev–Trinajstić information content (AvgIpc) is 2.86. The summed E-state index contributed by atoms with van der Waals surface area (Å²) in [4.78, 5) is 12.1. The standard InChI is InChI=1S/C31H61NO3/c1-3-5-7-9-10-11-12-13-14-15-16-17-18-19-20-21-22-23-25-27-31(35)32-29(28-33)30(34)26-24-8-6-4-2/h24,26,29-30,33-34H,3-23,25,27-28H2,1-2H3,(H,32,35)/b26-24+. The minimum absolute atomic E-state index is 0.0722. The largest absolute Gasteiger partial charge is 0.394 e. The minimum Gasteiger partial charge on any atom is -0.394 e. The van der Waals surface area contributed by atoms with Crippen molar-refractivity contribution in [3.63, 3.8) is 0 Å². The third-order valence-corrected chi connectivity index (χ3v) is 7.02. The first-order chi connectivity index (χ1) is 17.2. The smallest absolute Gasteiger partial charge is 0.220 e. The fourth-order valence-corrected chi connectivity index (χ4v) is 4.57. The van der Waals surface area contributed by atoms with Crippen LogP contribution in [0.5, 0.6) is 0 Å². The van der Waals surface area contributed by atoms with Crippen molar-refractivity contribution < 1.29 is 15.0 Å². The third kappa shape index (κ3) is 24.6. The van der Waals surface area contributed by atoms with Gasteiger partial charge in [-0.3, -0.25) is 4.79 Å². The first-order valence-corrected chi connectivity index (χ1v) is 15.4. The van der Waals surface area contributed by atoms with Gasteiger partial charge in [0, 0.05) is 6.42 Å². The number of aliphatic hydroxyl groups excluding tert-OH is 2. The molecule has 35 heavy (non-hydrogen) atoms. The Labute approximate surface area is 218 Å². The average molecular weight is 496 g/mol. The van der Waals surface area contributed by atoms with E-state index in [2.05, 4.69) is 19.2 Å². The van der Waals surface area contributed by atoms with Gasteiger partial charge in [0.2, 0.25) is 5.91 Å². The van der Waals surface area contributed by atoms with Gasteiger partial charge < -0.3 is 15.5 Å². The molecule has 2 atom stereocenters. The number of carbonyl (C=O) groups is 1. The van der Waals surface area contributed by atoms with E-state index in [-0.39, 0.29) is 12.5 Å². The van der Waals surface area contributed by atoms with Crippen molar-refractivity contribution in [1.29, 1.82) is 0 Å². The molecule has 1 amide bonds. The van der Waals surface area contributed by atoms with E-state index in [1.807, 2.05) is 6.08 Å². The van der Waals surface area contributed by atoms with Gasteiger partial charge in [0.1, 0.15) is 0 Å². The third-order valence-electron chi connectivity index (χ3n) is 7.02. The van der Waals surface area contributed by atoms with Gasteiger partial charge in [-0.15, -0.1) is 0 Å². The van der Waals surface area contributed by atoms with Crippen LogP contribution in [0, 0.1) is 0 Å². The van der Waals surface area contributed by atoms with Gasteiger partial charge in [-0.05, 0) is 12.8 Å². The zero-order valence-corrected chi connectivity index (χ0v) is 23.6. The van der Waals surface area contributed by atoms with E-state index in [1.54, 1.807) is 6.08 Å². The van der Waals surface area contributed by atoms with Crippen LogP contribution in [-0.2, 0) is 4.79 Å². The lowest BCUT2D eigenvalue weighted by Crippen LogP contribution is -2.45. The van der Waals surface area contributed by atoms with Crippen molar-refractivity contribution in [3.8, 4) is 0 Å². The van der Waals surface area contributed by atoms with E-state index in [0.29, 0.717) is 6.42 Å². The highest BCUT2D eigenvalue weighted by Gasteiger charge is 2.17. The van der Waals surface area contributed by atoms with Crippen molar-refractivity contribution in [1.82, 2.24) is 5.32 Å². The highest BCUT2D eigenvalue weighted by atomic mass is 16.3. The Balaban J connectivity index is 3.43. The first kappa shape index (κ1) is 34.1. The summed E-state index contributed by atoms with van der Waals surface area (Å²) < 4.78 is 0. The summed E-state index contributed by atoms with van der Waals surface area (Å²) >= 11 is 0. The summed E-state index contributed by atoms with van der Waals surface area (Å²) in [5, 5.41) is 22.4. The number of amides is 1. The Kier molecular flexibility index (Phi) is 27.0. The second kappa shape index (κ2) is 27.7. The van der Waals surface area contributed by atoms with E-state index in [1.165, 1.54) is 109 Å². The molecule has 0 aromatic carbocycles. The Morgan fingerprint density at radius 3 is 1.46 bits per heavy atom. The molecule has 208 valence electrons. The minimum atomic E-state index is -0.828. The zero-order chi connectivity index (χ0) is 25.8. The molecule has 0 aromatic rings. The summed E-state index contributed by atoms with van der Waals surface area (Å²) in [7, 11) is 0. The van der Waals surface area contributed by atoms with Crippen LogP contribution in [0.4, 0.5) is 0 Å². The maximum absolute atomic E-state index is 12.1. The van der Waals surface area contributed by atoms with Gasteiger partial charge in [-0.25, -0.2) is 0 Å². The van der Waals surface area contributed by atoms with Crippen LogP contribution >= 0.6 is 0 Å². The number of unbranched alkanes of at least 4 members (excludes halogenated alkanes) is 20. The van der Waals surface area contributed by atoms with Gasteiger partial charge in [-0.2, -0.15) is 0 Å². The van der Waals surface area contributed by atoms with Crippen LogP contribution in [0.3, 0.4) is 0 Å². The van der Waals surface area contributed by atoms with E-state index in [4.69, 9.17) is 0 Å². The zero-order valence-electron chi connectivity index (χ0n) is 23.6. The maximum Gasteiger partial charge on any atom is 0.220 e. The van der Waals surface area contributed by atoms with Gasteiger partial charge >= 0.3 is 0 Å². The molecule has 0 spiro atoms. The van der Waals surface area contributed by atoms with Crippen LogP contribution in [0.25, 0.3) is 0 Å². The molecule has 0 bridgehead atoms. The molecular weight excluding hydrogens is 434 g/mol. The molecule has 4 nitrogen and oxygen atoms in total. The summed E-state index contributed by atoms with van der Waals surface area (Å²) in [6.07, 6.45) is 31.9. The molecule has 0 aliphatic rings. The summed E-state index contributed by atoms with van der Waals surface area (Å²) in [6.45, 7) is 4.16. The Morgan fingerprint density at radius 2 is 1.06 bits per heavy atom. The number of allylic oxidation sites excluding steroid dienone is 1. The van der Waals surface area contributed by atoms with Crippen molar-refractivity contribution in [2.45, 2.75) is 174 Å². The molecule has 2 unspecified atom stereocenters. The molecule has 0 fully saturated rings. The van der Waals surface area contributed by atoms with E-state index < -0.39 is 12.1 Å². The van der Waals surface area contributed by atoms with Crippen LogP contribution < -0.4 is 5.32 Å². The Bertz CT molecular complexity index is 466. The molecule has 0 aliphatic carbocycles. The molecule has 0 saturated carbocycles. The number of carbonyl (C=O) groups excluding carboxylic acids is 1. The van der Waals surface area contributed by atoms with Crippen molar-refractivity contribution in [2.24, 2.45) is 0 Å². The number of aliphatic hydroxyl groups is 2. The number of hydrogen-bond acceptors (Lipinski definition) is 3. The second-order valence-electron chi connectivity index (χ2n) is 10.5. The number of rotatable bonds is 27. The lowest BCUT2D eigenvalue weighted by atomic mass is 10.0. The summed E-state index contributed by atoms with van der Waals surface area (Å²) in [5.74, 6) is -0.0722. The molecule has 0 saturated heterocycles.